The Kier molecular flexibility index (Phi) is 4.42. The van der Waals surface area contributed by atoms with E-state index >= 15 is 0 Å². The lowest BCUT2D eigenvalue weighted by Crippen LogP contribution is -2.27. The molecular formula is C16H17FN2O2. The van der Waals surface area contributed by atoms with E-state index in [-0.39, 0.29) is 17.8 Å². The van der Waals surface area contributed by atoms with Crippen molar-refractivity contribution in [3.05, 3.63) is 59.4 Å². The van der Waals surface area contributed by atoms with Gasteiger partial charge in [-0.3, -0.25) is 4.79 Å². The third-order valence-corrected chi connectivity index (χ3v) is 3.16. The second-order valence-corrected chi connectivity index (χ2v) is 4.71. The number of amides is 1. The number of carbonyl (C=O) groups excluding carboxylic acids is 1. The van der Waals surface area contributed by atoms with Crippen LogP contribution in [0.4, 0.5) is 10.1 Å². The molecule has 0 aliphatic rings. The molecule has 0 fully saturated rings. The van der Waals surface area contributed by atoms with Gasteiger partial charge in [-0.1, -0.05) is 12.1 Å². The predicted octanol–water partition coefficient (Wildman–Crippen LogP) is 2.91. The predicted molar refractivity (Wildman–Crippen MR) is 79.7 cm³/mol. The van der Waals surface area contributed by atoms with Crippen molar-refractivity contribution in [3.8, 4) is 5.75 Å². The van der Waals surface area contributed by atoms with Gasteiger partial charge in [0.2, 0.25) is 0 Å². The van der Waals surface area contributed by atoms with E-state index in [0.717, 1.165) is 0 Å². The first kappa shape index (κ1) is 14.8. The highest BCUT2D eigenvalue weighted by atomic mass is 19.1. The molecule has 0 aromatic heterocycles. The van der Waals surface area contributed by atoms with Gasteiger partial charge in [0.25, 0.3) is 5.91 Å². The Balaban J connectivity index is 2.20. The molecule has 2 aromatic carbocycles. The highest BCUT2D eigenvalue weighted by Crippen LogP contribution is 2.22. The number of anilines is 1. The Hall–Kier alpha value is -2.56. The minimum atomic E-state index is -0.338. The number of nitrogens with one attached hydrogen (secondary N) is 1. The van der Waals surface area contributed by atoms with Gasteiger partial charge in [0, 0.05) is 5.69 Å². The van der Waals surface area contributed by atoms with Gasteiger partial charge in [-0.2, -0.15) is 0 Å². The second-order valence-electron chi connectivity index (χ2n) is 4.71. The lowest BCUT2D eigenvalue weighted by molar-refractivity contribution is 0.0937. The van der Waals surface area contributed by atoms with Crippen LogP contribution in [0.2, 0.25) is 0 Å². The molecule has 4 nitrogen and oxygen atoms in total. The van der Waals surface area contributed by atoms with Gasteiger partial charge >= 0.3 is 0 Å². The average molecular weight is 288 g/mol. The maximum atomic E-state index is 13.2. The number of rotatable bonds is 4. The van der Waals surface area contributed by atoms with Crippen molar-refractivity contribution < 1.29 is 13.9 Å². The number of hydrogen-bond donors (Lipinski definition) is 2. The van der Waals surface area contributed by atoms with E-state index < -0.39 is 0 Å². The van der Waals surface area contributed by atoms with Gasteiger partial charge < -0.3 is 15.8 Å². The summed E-state index contributed by atoms with van der Waals surface area (Å²) in [6, 6.07) is 10.6. The van der Waals surface area contributed by atoms with Crippen LogP contribution in [0.25, 0.3) is 0 Å². The molecule has 1 unspecified atom stereocenters. The first-order valence-electron chi connectivity index (χ1n) is 6.51. The highest BCUT2D eigenvalue weighted by molar-refractivity contribution is 5.98. The molecule has 0 saturated carbocycles. The average Bonchev–Trinajstić information content (AvgIpc) is 2.47. The van der Waals surface area contributed by atoms with Gasteiger partial charge in [-0.05, 0) is 42.8 Å². The monoisotopic (exact) mass is 288 g/mol. The molecule has 0 radical (unpaired) electrons. The van der Waals surface area contributed by atoms with Gasteiger partial charge in [-0.15, -0.1) is 0 Å². The number of hydrogen-bond acceptors (Lipinski definition) is 3. The second kappa shape index (κ2) is 6.26. The molecule has 0 aliphatic heterocycles. The fourth-order valence-corrected chi connectivity index (χ4v) is 2.04. The van der Waals surface area contributed by atoms with Crippen molar-refractivity contribution >= 4 is 11.6 Å². The largest absolute Gasteiger partial charge is 0.496 e. The summed E-state index contributed by atoms with van der Waals surface area (Å²) >= 11 is 0. The minimum absolute atomic E-state index is 0.323. The summed E-state index contributed by atoms with van der Waals surface area (Å²) in [4.78, 5) is 12.3. The van der Waals surface area contributed by atoms with Crippen LogP contribution in [0.3, 0.4) is 0 Å². The van der Waals surface area contributed by atoms with Crippen molar-refractivity contribution in [3.63, 3.8) is 0 Å². The summed E-state index contributed by atoms with van der Waals surface area (Å²) in [5, 5.41) is 2.80. The molecule has 110 valence electrons. The maximum absolute atomic E-state index is 13.2. The first-order chi connectivity index (χ1) is 10.0. The molecule has 0 bridgehead atoms. The lowest BCUT2D eigenvalue weighted by atomic mass is 10.1. The van der Waals surface area contributed by atoms with Gasteiger partial charge in [-0.25, -0.2) is 4.39 Å². The Morgan fingerprint density at radius 1 is 1.29 bits per heavy atom. The van der Waals surface area contributed by atoms with Crippen molar-refractivity contribution in [2.24, 2.45) is 0 Å². The minimum Gasteiger partial charge on any atom is -0.496 e. The molecule has 2 aromatic rings. The zero-order chi connectivity index (χ0) is 15.4. The van der Waals surface area contributed by atoms with E-state index in [4.69, 9.17) is 10.5 Å². The molecule has 1 atom stereocenters. The van der Waals surface area contributed by atoms with Crippen molar-refractivity contribution in [2.45, 2.75) is 13.0 Å². The number of nitrogens with two attached hydrogens (primary N) is 1. The highest BCUT2D eigenvalue weighted by Gasteiger charge is 2.16. The van der Waals surface area contributed by atoms with Crippen LogP contribution in [0, 0.1) is 5.82 Å². The number of methoxy groups -OCH3 is 1. The molecule has 3 N–H and O–H groups in total. The number of benzene rings is 2. The SMILES string of the molecule is COc1ccc(N)cc1C(=O)NC(C)c1cccc(F)c1. The third kappa shape index (κ3) is 3.51. The van der Waals surface area contributed by atoms with Gasteiger partial charge in [0.1, 0.15) is 11.6 Å². The van der Waals surface area contributed by atoms with Crippen LogP contribution in [-0.4, -0.2) is 13.0 Å². The first-order valence-corrected chi connectivity index (χ1v) is 6.51. The van der Waals surface area contributed by atoms with E-state index in [1.807, 2.05) is 0 Å². The fraction of sp³-hybridized carbons (Fsp3) is 0.188. The summed E-state index contributed by atoms with van der Waals surface area (Å²) in [7, 11) is 1.48. The molecule has 0 heterocycles. The zero-order valence-electron chi connectivity index (χ0n) is 11.9. The summed E-state index contributed by atoms with van der Waals surface area (Å²) in [5.74, 6) is -0.223. The van der Waals surface area contributed by atoms with E-state index in [1.165, 1.54) is 19.2 Å². The van der Waals surface area contributed by atoms with Crippen LogP contribution in [0.1, 0.15) is 28.9 Å². The van der Waals surface area contributed by atoms with Gasteiger partial charge in [0.15, 0.2) is 0 Å². The number of ether oxygens (including phenoxy) is 1. The fourth-order valence-electron chi connectivity index (χ4n) is 2.04. The quantitative estimate of drug-likeness (QED) is 0.850. The number of carbonyl (C=O) groups is 1. The Labute approximate surface area is 122 Å². The van der Waals surface area contributed by atoms with Crippen molar-refractivity contribution in [2.75, 3.05) is 12.8 Å². The smallest absolute Gasteiger partial charge is 0.255 e. The molecule has 0 aliphatic carbocycles. The molecule has 0 spiro atoms. The maximum Gasteiger partial charge on any atom is 0.255 e. The summed E-state index contributed by atoms with van der Waals surface area (Å²) in [5.41, 5.74) is 7.20. The van der Waals surface area contributed by atoms with Crippen molar-refractivity contribution in [1.82, 2.24) is 5.32 Å². The summed E-state index contributed by atoms with van der Waals surface area (Å²) < 4.78 is 18.4. The Bertz CT molecular complexity index is 658. The molecule has 2 rings (SSSR count). The Morgan fingerprint density at radius 2 is 2.05 bits per heavy atom. The van der Waals surface area contributed by atoms with E-state index in [0.29, 0.717) is 22.6 Å². The summed E-state index contributed by atoms with van der Waals surface area (Å²) in [6.07, 6.45) is 0. The molecular weight excluding hydrogens is 271 g/mol. The van der Waals surface area contributed by atoms with Gasteiger partial charge in [0.05, 0.1) is 18.7 Å². The number of halogens is 1. The summed E-state index contributed by atoms with van der Waals surface area (Å²) in [6.45, 7) is 1.78. The zero-order valence-corrected chi connectivity index (χ0v) is 11.9. The normalized spacial score (nSPS) is 11.8. The molecule has 0 saturated heterocycles. The Morgan fingerprint density at radius 3 is 2.71 bits per heavy atom. The van der Waals surface area contributed by atoms with Crippen LogP contribution >= 0.6 is 0 Å². The van der Waals surface area contributed by atoms with E-state index in [9.17, 15) is 9.18 Å². The van der Waals surface area contributed by atoms with E-state index in [1.54, 1.807) is 37.3 Å². The van der Waals surface area contributed by atoms with Crippen molar-refractivity contribution in [1.29, 1.82) is 0 Å². The standard InChI is InChI=1S/C16H17FN2O2/c1-10(11-4-3-5-12(17)8-11)19-16(20)14-9-13(18)6-7-15(14)21-2/h3-10H,18H2,1-2H3,(H,19,20). The molecule has 1 amide bonds. The van der Waals surface area contributed by atoms with E-state index in [2.05, 4.69) is 5.32 Å². The van der Waals surface area contributed by atoms with Crippen LogP contribution in [0.15, 0.2) is 42.5 Å². The molecule has 5 heteroatoms. The van der Waals surface area contributed by atoms with Crippen LogP contribution in [0.5, 0.6) is 5.75 Å². The van der Waals surface area contributed by atoms with Crippen LogP contribution in [-0.2, 0) is 0 Å². The number of nitrogen functional groups attached to an aromatic ring is 1. The third-order valence-electron chi connectivity index (χ3n) is 3.16. The van der Waals surface area contributed by atoms with Crippen LogP contribution < -0.4 is 15.8 Å². The molecule has 21 heavy (non-hydrogen) atoms. The topological polar surface area (TPSA) is 64.3 Å². The lowest BCUT2D eigenvalue weighted by Gasteiger charge is -2.16.